The molecule has 1 saturated heterocycles. The molecule has 1 amide bonds. The van der Waals surface area contributed by atoms with Crippen molar-refractivity contribution in [3.05, 3.63) is 35.9 Å². The number of benzene rings is 1. The van der Waals surface area contributed by atoms with Gasteiger partial charge in [0.2, 0.25) is 0 Å². The highest BCUT2D eigenvalue weighted by atomic mass is 16.6. The first-order chi connectivity index (χ1) is 8.65. The molecule has 1 aliphatic heterocycles. The van der Waals surface area contributed by atoms with E-state index in [0.717, 1.165) is 5.56 Å². The number of carbonyl (C=O) groups is 2. The molecule has 96 valence electrons. The SMILES string of the molecule is O=C(Cc1ccccc1)OC1CCC(O)C(=O)N1. The molecule has 0 aliphatic carbocycles. The van der Waals surface area contributed by atoms with Crippen LogP contribution in [0, 0.1) is 0 Å². The first-order valence-corrected chi connectivity index (χ1v) is 5.87. The van der Waals surface area contributed by atoms with E-state index in [9.17, 15) is 14.7 Å². The number of esters is 1. The molecule has 0 radical (unpaired) electrons. The molecule has 0 aromatic heterocycles. The number of carbonyl (C=O) groups excluding carboxylic acids is 2. The number of piperidine rings is 1. The Labute approximate surface area is 105 Å². The Hall–Kier alpha value is -1.88. The van der Waals surface area contributed by atoms with E-state index in [1.165, 1.54) is 0 Å². The molecule has 1 heterocycles. The van der Waals surface area contributed by atoms with Gasteiger partial charge in [-0.3, -0.25) is 9.59 Å². The normalized spacial score (nSPS) is 23.3. The zero-order valence-corrected chi connectivity index (χ0v) is 9.83. The van der Waals surface area contributed by atoms with Gasteiger partial charge < -0.3 is 15.2 Å². The summed E-state index contributed by atoms with van der Waals surface area (Å²) in [6.45, 7) is 0. The number of aliphatic hydroxyl groups is 1. The molecule has 1 aromatic carbocycles. The number of hydrogen-bond acceptors (Lipinski definition) is 4. The second kappa shape index (κ2) is 5.64. The Balaban J connectivity index is 1.83. The monoisotopic (exact) mass is 249 g/mol. The van der Waals surface area contributed by atoms with Gasteiger partial charge in [-0.1, -0.05) is 30.3 Å². The molecule has 2 atom stereocenters. The quantitative estimate of drug-likeness (QED) is 0.759. The fourth-order valence-electron chi connectivity index (χ4n) is 1.82. The molecule has 0 bridgehead atoms. The minimum Gasteiger partial charge on any atom is -0.441 e. The lowest BCUT2D eigenvalue weighted by Crippen LogP contribution is -2.48. The Bertz CT molecular complexity index is 432. The van der Waals surface area contributed by atoms with E-state index in [1.807, 2.05) is 30.3 Å². The maximum atomic E-state index is 11.6. The lowest BCUT2D eigenvalue weighted by molar-refractivity contribution is -0.156. The summed E-state index contributed by atoms with van der Waals surface area (Å²) >= 11 is 0. The standard InChI is InChI=1S/C13H15NO4/c15-10-6-7-11(14-13(10)17)18-12(16)8-9-4-2-1-3-5-9/h1-5,10-11,15H,6-8H2,(H,14,17). The highest BCUT2D eigenvalue weighted by Gasteiger charge is 2.28. The number of ether oxygens (including phenoxy) is 1. The maximum Gasteiger partial charge on any atom is 0.312 e. The number of rotatable bonds is 3. The van der Waals surface area contributed by atoms with Gasteiger partial charge in [0, 0.05) is 6.42 Å². The first kappa shape index (κ1) is 12.6. The summed E-state index contributed by atoms with van der Waals surface area (Å²) in [4.78, 5) is 22.8. The van der Waals surface area contributed by atoms with Crippen LogP contribution in [0.25, 0.3) is 0 Å². The van der Waals surface area contributed by atoms with Crippen LogP contribution >= 0.6 is 0 Å². The number of amides is 1. The summed E-state index contributed by atoms with van der Waals surface area (Å²) < 4.78 is 5.13. The molecule has 5 heteroatoms. The van der Waals surface area contributed by atoms with Gasteiger partial charge in [-0.15, -0.1) is 0 Å². The molecular weight excluding hydrogens is 234 g/mol. The van der Waals surface area contributed by atoms with Gasteiger partial charge >= 0.3 is 5.97 Å². The molecule has 2 N–H and O–H groups in total. The third-order valence-electron chi connectivity index (χ3n) is 2.77. The third-order valence-corrected chi connectivity index (χ3v) is 2.77. The Morgan fingerprint density at radius 1 is 1.33 bits per heavy atom. The molecule has 1 aliphatic rings. The smallest absolute Gasteiger partial charge is 0.312 e. The number of nitrogens with one attached hydrogen (secondary N) is 1. The molecule has 1 fully saturated rings. The molecule has 18 heavy (non-hydrogen) atoms. The summed E-state index contributed by atoms with van der Waals surface area (Å²) in [5.41, 5.74) is 0.865. The fraction of sp³-hybridized carbons (Fsp3) is 0.385. The molecule has 5 nitrogen and oxygen atoms in total. The van der Waals surface area contributed by atoms with E-state index in [0.29, 0.717) is 12.8 Å². The highest BCUT2D eigenvalue weighted by molar-refractivity contribution is 5.82. The van der Waals surface area contributed by atoms with Crippen LogP contribution in [-0.4, -0.2) is 29.3 Å². The number of aliphatic hydroxyl groups excluding tert-OH is 1. The third kappa shape index (κ3) is 3.30. The minimum atomic E-state index is -0.992. The lowest BCUT2D eigenvalue weighted by Gasteiger charge is -2.26. The topological polar surface area (TPSA) is 75.6 Å². The van der Waals surface area contributed by atoms with Gasteiger partial charge in [0.1, 0.15) is 6.10 Å². The largest absolute Gasteiger partial charge is 0.441 e. The van der Waals surface area contributed by atoms with Crippen LogP contribution in [0.2, 0.25) is 0 Å². The van der Waals surface area contributed by atoms with Crippen LogP contribution in [0.1, 0.15) is 18.4 Å². The maximum absolute atomic E-state index is 11.6. The van der Waals surface area contributed by atoms with E-state index < -0.39 is 18.2 Å². The molecule has 1 aromatic rings. The van der Waals surface area contributed by atoms with E-state index in [1.54, 1.807) is 0 Å². The fourth-order valence-corrected chi connectivity index (χ4v) is 1.82. The number of hydrogen-bond donors (Lipinski definition) is 2. The zero-order valence-electron chi connectivity index (χ0n) is 9.83. The van der Waals surface area contributed by atoms with Crippen LogP contribution in [-0.2, 0) is 20.7 Å². The summed E-state index contributed by atoms with van der Waals surface area (Å²) in [6.07, 6.45) is -0.690. The van der Waals surface area contributed by atoms with Crippen LogP contribution in [0.4, 0.5) is 0 Å². The van der Waals surface area contributed by atoms with Crippen molar-refractivity contribution in [1.82, 2.24) is 5.32 Å². The van der Waals surface area contributed by atoms with Gasteiger partial charge in [0.25, 0.3) is 5.91 Å². The van der Waals surface area contributed by atoms with Crippen molar-refractivity contribution >= 4 is 11.9 Å². The summed E-state index contributed by atoms with van der Waals surface area (Å²) in [5.74, 6) is -0.873. The van der Waals surface area contributed by atoms with Crippen molar-refractivity contribution in [3.8, 4) is 0 Å². The molecule has 0 spiro atoms. The van der Waals surface area contributed by atoms with Gasteiger partial charge in [-0.2, -0.15) is 0 Å². The molecular formula is C13H15NO4. The molecule has 0 saturated carbocycles. The van der Waals surface area contributed by atoms with Crippen molar-refractivity contribution in [2.45, 2.75) is 31.6 Å². The zero-order chi connectivity index (χ0) is 13.0. The first-order valence-electron chi connectivity index (χ1n) is 5.87. The van der Waals surface area contributed by atoms with Crippen LogP contribution in [0.3, 0.4) is 0 Å². The van der Waals surface area contributed by atoms with Crippen molar-refractivity contribution in [2.75, 3.05) is 0 Å². The van der Waals surface area contributed by atoms with E-state index in [-0.39, 0.29) is 12.4 Å². The Morgan fingerprint density at radius 2 is 2.06 bits per heavy atom. The summed E-state index contributed by atoms with van der Waals surface area (Å²) in [6, 6.07) is 9.25. The summed E-state index contributed by atoms with van der Waals surface area (Å²) in [7, 11) is 0. The van der Waals surface area contributed by atoms with Crippen molar-refractivity contribution < 1.29 is 19.4 Å². The Kier molecular flexibility index (Phi) is 3.94. The van der Waals surface area contributed by atoms with E-state index in [2.05, 4.69) is 5.32 Å². The molecule has 2 rings (SSSR count). The predicted octanol–water partition coefficient (Wildman–Crippen LogP) is 0.369. The average molecular weight is 249 g/mol. The van der Waals surface area contributed by atoms with Gasteiger partial charge in [-0.05, 0) is 12.0 Å². The average Bonchev–Trinajstić information content (AvgIpc) is 2.35. The van der Waals surface area contributed by atoms with Crippen molar-refractivity contribution in [1.29, 1.82) is 0 Å². The highest BCUT2D eigenvalue weighted by Crippen LogP contribution is 2.11. The van der Waals surface area contributed by atoms with Crippen LogP contribution in [0.5, 0.6) is 0 Å². The van der Waals surface area contributed by atoms with Crippen LogP contribution in [0.15, 0.2) is 30.3 Å². The van der Waals surface area contributed by atoms with E-state index in [4.69, 9.17) is 4.74 Å². The van der Waals surface area contributed by atoms with Gasteiger partial charge in [0.15, 0.2) is 6.23 Å². The summed E-state index contributed by atoms with van der Waals surface area (Å²) in [5, 5.41) is 11.7. The lowest BCUT2D eigenvalue weighted by atomic mass is 10.1. The van der Waals surface area contributed by atoms with Gasteiger partial charge in [0.05, 0.1) is 6.42 Å². The Morgan fingerprint density at radius 3 is 2.72 bits per heavy atom. The molecule has 2 unspecified atom stereocenters. The van der Waals surface area contributed by atoms with E-state index >= 15 is 0 Å². The second-order valence-electron chi connectivity index (χ2n) is 4.24. The van der Waals surface area contributed by atoms with Crippen molar-refractivity contribution in [2.24, 2.45) is 0 Å². The minimum absolute atomic E-state index is 0.176. The van der Waals surface area contributed by atoms with Crippen molar-refractivity contribution in [3.63, 3.8) is 0 Å². The van der Waals surface area contributed by atoms with Gasteiger partial charge in [-0.25, -0.2) is 0 Å². The predicted molar refractivity (Wildman–Crippen MR) is 63.4 cm³/mol. The second-order valence-corrected chi connectivity index (χ2v) is 4.24. The van der Waals surface area contributed by atoms with Crippen LogP contribution < -0.4 is 5.32 Å².